The van der Waals surface area contributed by atoms with E-state index in [1.165, 1.54) is 0 Å². The summed E-state index contributed by atoms with van der Waals surface area (Å²) in [5.74, 6) is 1.21. The summed E-state index contributed by atoms with van der Waals surface area (Å²) in [4.78, 5) is 14.3. The van der Waals surface area contributed by atoms with Crippen molar-refractivity contribution in [2.45, 2.75) is 12.2 Å². The molecule has 0 aromatic heterocycles. The number of carbonyl (C=O) groups excluding carboxylic acids is 1. The molecule has 2 aliphatic heterocycles. The molecule has 26 heavy (non-hydrogen) atoms. The SMILES string of the molecule is O=C(CS(=O)Cc1cc(Cl)c2c(c1)OCCO2)N1CCc2ccccc21. The van der Waals surface area contributed by atoms with Crippen molar-refractivity contribution in [1.29, 1.82) is 0 Å². The second-order valence-corrected chi connectivity index (χ2v) is 8.12. The zero-order chi connectivity index (χ0) is 18.1. The second-order valence-electron chi connectivity index (χ2n) is 6.25. The Labute approximate surface area is 159 Å². The molecule has 0 N–H and O–H groups in total. The standard InChI is InChI=1S/C19H18ClNO4S/c20-15-9-13(10-17-19(15)25-8-7-24-17)11-26(23)12-18(22)21-6-5-14-3-1-2-4-16(14)21/h1-4,9-10H,5-8,11-12H2. The van der Waals surface area contributed by atoms with E-state index in [9.17, 15) is 9.00 Å². The lowest BCUT2D eigenvalue weighted by Crippen LogP contribution is -2.33. The van der Waals surface area contributed by atoms with Crippen LogP contribution in [0.25, 0.3) is 0 Å². The molecule has 0 aliphatic carbocycles. The molecular formula is C19H18ClNO4S. The van der Waals surface area contributed by atoms with Crippen LogP contribution in [-0.4, -0.2) is 35.6 Å². The van der Waals surface area contributed by atoms with Crippen molar-refractivity contribution in [3.8, 4) is 11.5 Å². The summed E-state index contributed by atoms with van der Waals surface area (Å²) in [6, 6.07) is 11.4. The average Bonchev–Trinajstić information content (AvgIpc) is 3.06. The highest BCUT2D eigenvalue weighted by Crippen LogP contribution is 2.38. The Morgan fingerprint density at radius 2 is 2.00 bits per heavy atom. The van der Waals surface area contributed by atoms with E-state index < -0.39 is 10.8 Å². The largest absolute Gasteiger partial charge is 0.486 e. The maximum atomic E-state index is 12.6. The van der Waals surface area contributed by atoms with Crippen LogP contribution in [0.5, 0.6) is 11.5 Å². The molecule has 1 unspecified atom stereocenters. The van der Waals surface area contributed by atoms with Crippen molar-refractivity contribution >= 4 is 34.0 Å². The number of carbonyl (C=O) groups is 1. The molecule has 0 bridgehead atoms. The molecule has 2 aromatic rings. The zero-order valence-electron chi connectivity index (χ0n) is 14.1. The Morgan fingerprint density at radius 1 is 1.19 bits per heavy atom. The fourth-order valence-electron chi connectivity index (χ4n) is 3.30. The quantitative estimate of drug-likeness (QED) is 0.804. The number of para-hydroxylation sites is 1. The average molecular weight is 392 g/mol. The smallest absolute Gasteiger partial charge is 0.239 e. The summed E-state index contributed by atoms with van der Waals surface area (Å²) in [5.41, 5.74) is 2.86. The van der Waals surface area contributed by atoms with Gasteiger partial charge in [-0.15, -0.1) is 0 Å². The zero-order valence-corrected chi connectivity index (χ0v) is 15.6. The lowest BCUT2D eigenvalue weighted by molar-refractivity contribution is -0.116. The van der Waals surface area contributed by atoms with Gasteiger partial charge in [0.15, 0.2) is 11.5 Å². The first kappa shape index (κ1) is 17.4. The Hall–Kier alpha value is -2.05. The molecule has 0 saturated heterocycles. The molecule has 2 aliphatic rings. The summed E-state index contributed by atoms with van der Waals surface area (Å²) in [6.45, 7) is 1.57. The van der Waals surface area contributed by atoms with Gasteiger partial charge in [-0.1, -0.05) is 29.8 Å². The van der Waals surface area contributed by atoms with Gasteiger partial charge in [-0.3, -0.25) is 9.00 Å². The van der Waals surface area contributed by atoms with E-state index in [2.05, 4.69) is 0 Å². The molecule has 0 radical (unpaired) electrons. The number of nitrogens with zero attached hydrogens (tertiary/aromatic N) is 1. The molecule has 4 rings (SSSR count). The third-order valence-electron chi connectivity index (χ3n) is 4.46. The summed E-state index contributed by atoms with van der Waals surface area (Å²) in [7, 11) is -1.33. The van der Waals surface area contributed by atoms with Gasteiger partial charge in [-0.25, -0.2) is 0 Å². The van der Waals surface area contributed by atoms with Crippen LogP contribution >= 0.6 is 11.6 Å². The number of ether oxygens (including phenoxy) is 2. The van der Waals surface area contributed by atoms with Crippen LogP contribution in [0.15, 0.2) is 36.4 Å². The maximum absolute atomic E-state index is 12.6. The highest BCUT2D eigenvalue weighted by atomic mass is 35.5. The van der Waals surface area contributed by atoms with Gasteiger partial charge in [0, 0.05) is 28.8 Å². The number of rotatable bonds is 4. The van der Waals surface area contributed by atoms with Crippen LogP contribution in [0, 0.1) is 0 Å². The normalized spacial score (nSPS) is 16.3. The molecule has 2 heterocycles. The van der Waals surface area contributed by atoms with E-state index in [-0.39, 0.29) is 17.4 Å². The third kappa shape index (κ3) is 3.44. The van der Waals surface area contributed by atoms with Crippen molar-refractivity contribution in [3.05, 3.63) is 52.5 Å². The fraction of sp³-hybridized carbons (Fsp3) is 0.316. The number of fused-ring (bicyclic) bond motifs is 2. The number of hydrogen-bond acceptors (Lipinski definition) is 4. The molecule has 0 saturated carbocycles. The van der Waals surface area contributed by atoms with E-state index in [4.69, 9.17) is 21.1 Å². The second kappa shape index (κ2) is 7.29. The number of hydrogen-bond donors (Lipinski definition) is 0. The van der Waals surface area contributed by atoms with E-state index in [0.717, 1.165) is 23.2 Å². The van der Waals surface area contributed by atoms with Gasteiger partial charge < -0.3 is 14.4 Å². The highest BCUT2D eigenvalue weighted by Gasteiger charge is 2.25. The molecule has 0 spiro atoms. The summed E-state index contributed by atoms with van der Waals surface area (Å²) < 4.78 is 23.5. The van der Waals surface area contributed by atoms with E-state index in [0.29, 0.717) is 36.3 Å². The van der Waals surface area contributed by atoms with Gasteiger partial charge in [0.05, 0.1) is 5.02 Å². The molecule has 1 atom stereocenters. The highest BCUT2D eigenvalue weighted by molar-refractivity contribution is 7.84. The van der Waals surface area contributed by atoms with Gasteiger partial charge in [-0.2, -0.15) is 0 Å². The summed E-state index contributed by atoms with van der Waals surface area (Å²) in [6.07, 6.45) is 0.840. The van der Waals surface area contributed by atoms with Crippen molar-refractivity contribution in [1.82, 2.24) is 0 Å². The van der Waals surface area contributed by atoms with Crippen LogP contribution in [0.2, 0.25) is 5.02 Å². The summed E-state index contributed by atoms with van der Waals surface area (Å²) >= 11 is 6.22. The Bertz CT molecular complexity index is 886. The lowest BCUT2D eigenvalue weighted by atomic mass is 10.2. The molecule has 7 heteroatoms. The van der Waals surface area contributed by atoms with Crippen LogP contribution in [0.3, 0.4) is 0 Å². The third-order valence-corrected chi connectivity index (χ3v) is 5.96. The number of halogens is 1. The monoisotopic (exact) mass is 391 g/mol. The van der Waals surface area contributed by atoms with Gasteiger partial charge >= 0.3 is 0 Å². The van der Waals surface area contributed by atoms with Crippen molar-refractivity contribution < 1.29 is 18.5 Å². The Balaban J connectivity index is 1.43. The van der Waals surface area contributed by atoms with Gasteiger partial charge in [-0.05, 0) is 35.7 Å². The molecule has 2 aromatic carbocycles. The maximum Gasteiger partial charge on any atom is 0.239 e. The minimum atomic E-state index is -1.33. The molecule has 5 nitrogen and oxygen atoms in total. The van der Waals surface area contributed by atoms with Gasteiger partial charge in [0.2, 0.25) is 5.91 Å². The number of anilines is 1. The van der Waals surface area contributed by atoms with E-state index >= 15 is 0 Å². The first-order valence-electron chi connectivity index (χ1n) is 8.43. The molecular weight excluding hydrogens is 374 g/mol. The lowest BCUT2D eigenvalue weighted by Gasteiger charge is -2.20. The number of benzene rings is 2. The first-order valence-corrected chi connectivity index (χ1v) is 10.3. The van der Waals surface area contributed by atoms with Crippen LogP contribution in [0.4, 0.5) is 5.69 Å². The molecule has 0 fully saturated rings. The Kier molecular flexibility index (Phi) is 4.87. The first-order chi connectivity index (χ1) is 12.6. The predicted molar refractivity (Wildman–Crippen MR) is 102 cm³/mol. The van der Waals surface area contributed by atoms with Gasteiger partial charge in [0.1, 0.15) is 19.0 Å². The number of amides is 1. The van der Waals surface area contributed by atoms with Crippen LogP contribution in [-0.2, 0) is 27.8 Å². The predicted octanol–water partition coefficient (Wildman–Crippen LogP) is 2.95. The van der Waals surface area contributed by atoms with E-state index in [1.807, 2.05) is 24.3 Å². The van der Waals surface area contributed by atoms with Crippen LogP contribution in [0.1, 0.15) is 11.1 Å². The fourth-order valence-corrected chi connectivity index (χ4v) is 4.66. The summed E-state index contributed by atoms with van der Waals surface area (Å²) in [5, 5.41) is 0.439. The topological polar surface area (TPSA) is 55.8 Å². The molecule has 136 valence electrons. The Morgan fingerprint density at radius 3 is 2.88 bits per heavy atom. The minimum Gasteiger partial charge on any atom is -0.486 e. The van der Waals surface area contributed by atoms with E-state index in [1.54, 1.807) is 17.0 Å². The molecule has 1 amide bonds. The van der Waals surface area contributed by atoms with Crippen molar-refractivity contribution in [2.75, 3.05) is 30.4 Å². The minimum absolute atomic E-state index is 0.0135. The van der Waals surface area contributed by atoms with Crippen molar-refractivity contribution in [2.24, 2.45) is 0 Å². The van der Waals surface area contributed by atoms with Crippen LogP contribution < -0.4 is 14.4 Å². The van der Waals surface area contributed by atoms with Gasteiger partial charge in [0.25, 0.3) is 0 Å². The van der Waals surface area contributed by atoms with Crippen molar-refractivity contribution in [3.63, 3.8) is 0 Å².